The lowest BCUT2D eigenvalue weighted by Gasteiger charge is -2.14. The number of amides is 1. The first-order valence-electron chi connectivity index (χ1n) is 9.73. The van der Waals surface area contributed by atoms with Gasteiger partial charge in [0.1, 0.15) is 12.3 Å². The number of ether oxygens (including phenoxy) is 1. The Morgan fingerprint density at radius 3 is 2.44 bits per heavy atom. The van der Waals surface area contributed by atoms with Crippen LogP contribution in [0.15, 0.2) is 80.9 Å². The summed E-state index contributed by atoms with van der Waals surface area (Å²) in [7, 11) is 1.56. The van der Waals surface area contributed by atoms with Gasteiger partial charge in [-0.2, -0.15) is 0 Å². The molecule has 0 bridgehead atoms. The highest BCUT2D eigenvalue weighted by atomic mass is 79.9. The Bertz CT molecular complexity index is 1390. The van der Waals surface area contributed by atoms with Gasteiger partial charge in [-0.25, -0.2) is 9.78 Å². The summed E-state index contributed by atoms with van der Waals surface area (Å²) >= 11 is 3.35. The molecule has 0 aliphatic carbocycles. The van der Waals surface area contributed by atoms with Crippen molar-refractivity contribution in [1.82, 2.24) is 14.1 Å². The van der Waals surface area contributed by atoms with Gasteiger partial charge in [0.15, 0.2) is 5.52 Å². The quantitative estimate of drug-likeness (QED) is 0.444. The van der Waals surface area contributed by atoms with Gasteiger partial charge in [0.25, 0.3) is 5.56 Å². The molecule has 1 amide bonds. The summed E-state index contributed by atoms with van der Waals surface area (Å²) in [4.78, 5) is 43.1. The lowest BCUT2D eigenvalue weighted by atomic mass is 10.2. The molecule has 0 aliphatic heterocycles. The van der Waals surface area contributed by atoms with Gasteiger partial charge in [0, 0.05) is 16.4 Å². The van der Waals surface area contributed by atoms with Crippen LogP contribution in [0.3, 0.4) is 0 Å². The van der Waals surface area contributed by atoms with Crippen molar-refractivity contribution in [2.45, 2.75) is 13.1 Å². The Kier molecular flexibility index (Phi) is 6.18. The zero-order valence-electron chi connectivity index (χ0n) is 17.1. The van der Waals surface area contributed by atoms with Gasteiger partial charge >= 0.3 is 5.69 Å². The van der Waals surface area contributed by atoms with E-state index in [1.165, 1.54) is 10.8 Å². The highest BCUT2D eigenvalue weighted by Crippen LogP contribution is 2.15. The molecule has 0 aliphatic rings. The molecule has 162 valence electrons. The number of hydrogen-bond donors (Lipinski definition) is 1. The number of methoxy groups -OCH3 is 1. The second-order valence-corrected chi connectivity index (χ2v) is 7.95. The van der Waals surface area contributed by atoms with Crippen LogP contribution in [-0.4, -0.2) is 27.1 Å². The van der Waals surface area contributed by atoms with Crippen molar-refractivity contribution in [3.05, 3.63) is 97.7 Å². The third-order valence-corrected chi connectivity index (χ3v) is 5.44. The molecule has 0 radical (unpaired) electrons. The number of pyridine rings is 1. The number of hydrogen-bond acceptors (Lipinski definition) is 5. The molecule has 0 spiro atoms. The zero-order chi connectivity index (χ0) is 22.7. The fourth-order valence-corrected chi connectivity index (χ4v) is 3.59. The van der Waals surface area contributed by atoms with Crippen LogP contribution < -0.4 is 21.3 Å². The van der Waals surface area contributed by atoms with E-state index in [0.717, 1.165) is 14.6 Å². The SMILES string of the molecule is COc1ccc(Cn2c(=O)c3ncccc3n(CC(=O)Nc3ccc(Br)cc3)c2=O)cc1. The largest absolute Gasteiger partial charge is 0.497 e. The lowest BCUT2D eigenvalue weighted by molar-refractivity contribution is -0.116. The maximum atomic E-state index is 13.3. The van der Waals surface area contributed by atoms with Crippen molar-refractivity contribution < 1.29 is 9.53 Å². The van der Waals surface area contributed by atoms with Crippen molar-refractivity contribution >= 4 is 38.6 Å². The molecule has 0 unspecified atom stereocenters. The number of halogens is 1. The number of benzene rings is 2. The highest BCUT2D eigenvalue weighted by molar-refractivity contribution is 9.10. The summed E-state index contributed by atoms with van der Waals surface area (Å²) in [6, 6.07) is 17.4. The third kappa shape index (κ3) is 4.47. The van der Waals surface area contributed by atoms with E-state index in [0.29, 0.717) is 17.0 Å². The second kappa shape index (κ2) is 9.19. The van der Waals surface area contributed by atoms with Gasteiger partial charge in [-0.05, 0) is 54.1 Å². The van der Waals surface area contributed by atoms with Crippen molar-refractivity contribution in [2.75, 3.05) is 12.4 Å². The Morgan fingerprint density at radius 1 is 1.03 bits per heavy atom. The van der Waals surface area contributed by atoms with Gasteiger partial charge in [-0.3, -0.25) is 18.7 Å². The van der Waals surface area contributed by atoms with Crippen molar-refractivity contribution in [3.63, 3.8) is 0 Å². The fourth-order valence-electron chi connectivity index (χ4n) is 3.33. The van der Waals surface area contributed by atoms with Gasteiger partial charge in [0.05, 0.1) is 19.2 Å². The predicted molar refractivity (Wildman–Crippen MR) is 125 cm³/mol. The van der Waals surface area contributed by atoms with Crippen LogP contribution in [-0.2, 0) is 17.9 Å². The minimum atomic E-state index is -0.586. The van der Waals surface area contributed by atoms with Gasteiger partial charge < -0.3 is 10.1 Å². The van der Waals surface area contributed by atoms with E-state index in [2.05, 4.69) is 26.2 Å². The molecule has 4 rings (SSSR count). The molecule has 0 fully saturated rings. The second-order valence-electron chi connectivity index (χ2n) is 7.03. The number of rotatable bonds is 6. The van der Waals surface area contributed by atoms with Gasteiger partial charge in [0.2, 0.25) is 5.91 Å². The van der Waals surface area contributed by atoms with E-state index in [4.69, 9.17) is 4.74 Å². The van der Waals surface area contributed by atoms with E-state index in [9.17, 15) is 14.4 Å². The molecule has 9 heteroatoms. The summed E-state index contributed by atoms with van der Waals surface area (Å²) in [6.45, 7) is -0.220. The number of carbonyl (C=O) groups is 1. The van der Waals surface area contributed by atoms with E-state index in [-0.39, 0.29) is 18.6 Å². The molecule has 2 heterocycles. The average molecular weight is 495 g/mol. The Labute approximate surface area is 191 Å². The minimum absolute atomic E-state index is 0.0442. The minimum Gasteiger partial charge on any atom is -0.497 e. The smallest absolute Gasteiger partial charge is 0.332 e. The van der Waals surface area contributed by atoms with Crippen LogP contribution in [0.1, 0.15) is 5.56 Å². The monoisotopic (exact) mass is 494 g/mol. The molecule has 8 nitrogen and oxygen atoms in total. The Balaban J connectivity index is 1.72. The summed E-state index contributed by atoms with van der Waals surface area (Å²) in [5.74, 6) is 0.275. The number of fused-ring (bicyclic) bond motifs is 1. The first-order chi connectivity index (χ1) is 15.5. The topological polar surface area (TPSA) is 95.2 Å². The number of carbonyl (C=O) groups excluding carboxylic acids is 1. The Morgan fingerprint density at radius 2 is 1.75 bits per heavy atom. The molecular weight excluding hydrogens is 476 g/mol. The van der Waals surface area contributed by atoms with E-state index < -0.39 is 17.2 Å². The molecule has 4 aromatic rings. The molecule has 32 heavy (non-hydrogen) atoms. The normalized spacial score (nSPS) is 10.8. The van der Waals surface area contributed by atoms with Crippen LogP contribution in [0.25, 0.3) is 11.0 Å². The maximum Gasteiger partial charge on any atom is 0.332 e. The molecule has 0 atom stereocenters. The number of nitrogens with zero attached hydrogens (tertiary/aromatic N) is 3. The van der Waals surface area contributed by atoms with Crippen LogP contribution in [0.4, 0.5) is 5.69 Å². The fraction of sp³-hybridized carbons (Fsp3) is 0.130. The van der Waals surface area contributed by atoms with Gasteiger partial charge in [-0.1, -0.05) is 28.1 Å². The summed E-state index contributed by atoms with van der Waals surface area (Å²) < 4.78 is 8.39. The van der Waals surface area contributed by atoms with E-state index in [1.54, 1.807) is 67.8 Å². The van der Waals surface area contributed by atoms with E-state index >= 15 is 0 Å². The van der Waals surface area contributed by atoms with Crippen LogP contribution in [0.5, 0.6) is 5.75 Å². The van der Waals surface area contributed by atoms with Crippen LogP contribution >= 0.6 is 15.9 Å². The molecule has 2 aromatic carbocycles. The molecule has 1 N–H and O–H groups in total. The first kappa shape index (κ1) is 21.5. The van der Waals surface area contributed by atoms with Crippen molar-refractivity contribution in [3.8, 4) is 5.75 Å². The number of anilines is 1. The standard InChI is InChI=1S/C23H19BrN4O4/c1-32-18-10-4-15(5-11-18)13-28-22(30)21-19(3-2-12-25-21)27(23(28)31)14-20(29)26-17-8-6-16(24)7-9-17/h2-12H,13-14H2,1H3,(H,26,29). The van der Waals surface area contributed by atoms with E-state index in [1.807, 2.05) is 0 Å². The first-order valence-corrected chi connectivity index (χ1v) is 10.5. The number of aromatic nitrogens is 3. The maximum absolute atomic E-state index is 13.3. The summed E-state index contributed by atoms with van der Waals surface area (Å²) in [5.41, 5.74) is 0.672. The highest BCUT2D eigenvalue weighted by Gasteiger charge is 2.16. The Hall–Kier alpha value is -3.72. The van der Waals surface area contributed by atoms with Crippen molar-refractivity contribution in [1.29, 1.82) is 0 Å². The van der Waals surface area contributed by atoms with Crippen LogP contribution in [0, 0.1) is 0 Å². The number of nitrogens with one attached hydrogen (secondary N) is 1. The molecule has 0 saturated carbocycles. The zero-order valence-corrected chi connectivity index (χ0v) is 18.7. The third-order valence-electron chi connectivity index (χ3n) is 4.92. The summed E-state index contributed by atoms with van der Waals surface area (Å²) in [5, 5.41) is 2.76. The molecule has 0 saturated heterocycles. The molecular formula is C23H19BrN4O4. The van der Waals surface area contributed by atoms with Crippen LogP contribution in [0.2, 0.25) is 0 Å². The van der Waals surface area contributed by atoms with Crippen molar-refractivity contribution in [2.24, 2.45) is 0 Å². The van der Waals surface area contributed by atoms with Gasteiger partial charge in [-0.15, -0.1) is 0 Å². The summed E-state index contributed by atoms with van der Waals surface area (Å²) in [6.07, 6.45) is 1.48. The molecule has 2 aromatic heterocycles. The predicted octanol–water partition coefficient (Wildman–Crippen LogP) is 3.02. The lowest BCUT2D eigenvalue weighted by Crippen LogP contribution is -2.42. The average Bonchev–Trinajstić information content (AvgIpc) is 2.81.